The van der Waals surface area contributed by atoms with Gasteiger partial charge in [0.15, 0.2) is 0 Å². The van der Waals surface area contributed by atoms with Gasteiger partial charge in [0, 0.05) is 38.2 Å². The molecule has 55 heavy (non-hydrogen) atoms. The highest BCUT2D eigenvalue weighted by Crippen LogP contribution is 2.45. The second kappa shape index (κ2) is 12.7. The Labute approximate surface area is 318 Å². The zero-order chi connectivity index (χ0) is 36.3. The SMILES string of the molecule is c1ccc(-c2cc(-c3ccccc3)c3oc4c(-c5ccc(-c6ccc7c8ccccc8c8ccccc8c7n6)cc5)cc(-c5ccccc5)cc4c3c2)cc1. The van der Waals surface area contributed by atoms with Crippen LogP contribution >= 0.6 is 0 Å². The van der Waals surface area contributed by atoms with Crippen molar-refractivity contribution < 1.29 is 4.42 Å². The molecule has 11 aromatic rings. The summed E-state index contributed by atoms with van der Waals surface area (Å²) in [5, 5.41) is 8.25. The molecule has 0 atom stereocenters. The molecular formula is C53H33NO. The van der Waals surface area contributed by atoms with Crippen LogP contribution in [0.2, 0.25) is 0 Å². The van der Waals surface area contributed by atoms with Crippen molar-refractivity contribution in [3.63, 3.8) is 0 Å². The van der Waals surface area contributed by atoms with Crippen molar-refractivity contribution in [3.8, 4) is 55.8 Å². The molecule has 0 aliphatic carbocycles. The van der Waals surface area contributed by atoms with Crippen LogP contribution in [0.25, 0.3) is 110 Å². The summed E-state index contributed by atoms with van der Waals surface area (Å²) in [6.45, 7) is 0. The van der Waals surface area contributed by atoms with Crippen LogP contribution in [0.3, 0.4) is 0 Å². The van der Waals surface area contributed by atoms with E-state index in [0.717, 1.165) is 72.1 Å². The van der Waals surface area contributed by atoms with Gasteiger partial charge < -0.3 is 4.42 Å². The van der Waals surface area contributed by atoms with E-state index in [-0.39, 0.29) is 0 Å². The molecule has 0 aliphatic rings. The molecule has 2 nitrogen and oxygen atoms in total. The third-order valence-electron chi connectivity index (χ3n) is 11.0. The maximum Gasteiger partial charge on any atom is 0.143 e. The Morgan fingerprint density at radius 3 is 1.20 bits per heavy atom. The first-order chi connectivity index (χ1) is 27.3. The summed E-state index contributed by atoms with van der Waals surface area (Å²) < 4.78 is 7.03. The normalized spacial score (nSPS) is 11.6. The fraction of sp³-hybridized carbons (Fsp3) is 0. The monoisotopic (exact) mass is 699 g/mol. The number of pyridine rings is 1. The lowest BCUT2D eigenvalue weighted by molar-refractivity contribution is 0.671. The molecule has 11 rings (SSSR count). The Morgan fingerprint density at radius 1 is 0.273 bits per heavy atom. The van der Waals surface area contributed by atoms with E-state index in [4.69, 9.17) is 9.40 Å². The predicted octanol–water partition coefficient (Wildman–Crippen LogP) is 14.8. The molecule has 2 heterocycles. The Morgan fingerprint density at radius 2 is 0.673 bits per heavy atom. The lowest BCUT2D eigenvalue weighted by Gasteiger charge is -2.12. The van der Waals surface area contributed by atoms with E-state index in [1.54, 1.807) is 0 Å². The third kappa shape index (κ3) is 5.22. The van der Waals surface area contributed by atoms with E-state index in [9.17, 15) is 0 Å². The summed E-state index contributed by atoms with van der Waals surface area (Å²) in [5.74, 6) is 0. The molecular weight excluding hydrogens is 667 g/mol. The van der Waals surface area contributed by atoms with Crippen LogP contribution in [-0.2, 0) is 0 Å². The highest BCUT2D eigenvalue weighted by atomic mass is 16.3. The second-order valence-electron chi connectivity index (χ2n) is 14.3. The summed E-state index contributed by atoms with van der Waals surface area (Å²) >= 11 is 0. The van der Waals surface area contributed by atoms with Crippen LogP contribution < -0.4 is 0 Å². The molecule has 0 amide bonds. The van der Waals surface area contributed by atoms with Crippen molar-refractivity contribution in [2.75, 3.05) is 0 Å². The molecule has 0 fully saturated rings. The minimum absolute atomic E-state index is 0.881. The van der Waals surface area contributed by atoms with Gasteiger partial charge in [0.1, 0.15) is 11.2 Å². The molecule has 0 saturated carbocycles. The maximum absolute atomic E-state index is 7.03. The van der Waals surface area contributed by atoms with Crippen molar-refractivity contribution in [1.29, 1.82) is 0 Å². The summed E-state index contributed by atoms with van der Waals surface area (Å²) in [6, 6.07) is 71.4. The fourth-order valence-electron chi connectivity index (χ4n) is 8.36. The lowest BCUT2D eigenvalue weighted by atomic mass is 9.93. The van der Waals surface area contributed by atoms with Gasteiger partial charge in [0.05, 0.1) is 11.2 Å². The molecule has 256 valence electrons. The smallest absolute Gasteiger partial charge is 0.143 e. The van der Waals surface area contributed by atoms with Crippen LogP contribution in [-0.4, -0.2) is 4.98 Å². The Kier molecular flexibility index (Phi) is 7.21. The van der Waals surface area contributed by atoms with E-state index in [1.165, 1.54) is 38.1 Å². The summed E-state index contributed by atoms with van der Waals surface area (Å²) in [4.78, 5) is 5.31. The first-order valence-corrected chi connectivity index (χ1v) is 18.8. The van der Waals surface area contributed by atoms with Gasteiger partial charge in [-0.15, -0.1) is 0 Å². The number of hydrogen-bond donors (Lipinski definition) is 0. The number of rotatable bonds is 5. The lowest BCUT2D eigenvalue weighted by Crippen LogP contribution is -1.89. The molecule has 9 aromatic carbocycles. The van der Waals surface area contributed by atoms with Crippen molar-refractivity contribution in [2.24, 2.45) is 0 Å². The summed E-state index contributed by atoms with van der Waals surface area (Å²) in [6.07, 6.45) is 0. The fourth-order valence-corrected chi connectivity index (χ4v) is 8.36. The number of furan rings is 1. The van der Waals surface area contributed by atoms with Crippen LogP contribution in [0.4, 0.5) is 0 Å². The van der Waals surface area contributed by atoms with Crippen molar-refractivity contribution >= 4 is 54.4 Å². The van der Waals surface area contributed by atoms with Crippen molar-refractivity contribution in [1.82, 2.24) is 4.98 Å². The number of nitrogens with zero attached hydrogens (tertiary/aromatic N) is 1. The van der Waals surface area contributed by atoms with Crippen LogP contribution in [0.5, 0.6) is 0 Å². The zero-order valence-electron chi connectivity index (χ0n) is 29.9. The minimum atomic E-state index is 0.881. The highest BCUT2D eigenvalue weighted by Gasteiger charge is 2.20. The van der Waals surface area contributed by atoms with Crippen molar-refractivity contribution in [3.05, 3.63) is 200 Å². The van der Waals surface area contributed by atoms with Gasteiger partial charge >= 0.3 is 0 Å². The van der Waals surface area contributed by atoms with E-state index in [1.807, 2.05) is 0 Å². The van der Waals surface area contributed by atoms with E-state index in [2.05, 4.69) is 200 Å². The van der Waals surface area contributed by atoms with Gasteiger partial charge in [0.25, 0.3) is 0 Å². The average molecular weight is 700 g/mol. The number of fused-ring (bicyclic) bond motifs is 9. The molecule has 0 radical (unpaired) electrons. The molecule has 2 aromatic heterocycles. The molecule has 2 heteroatoms. The first kappa shape index (κ1) is 31.3. The molecule has 0 spiro atoms. The van der Waals surface area contributed by atoms with Crippen LogP contribution in [0.1, 0.15) is 0 Å². The predicted molar refractivity (Wildman–Crippen MR) is 231 cm³/mol. The van der Waals surface area contributed by atoms with Gasteiger partial charge in [-0.2, -0.15) is 0 Å². The topological polar surface area (TPSA) is 26.0 Å². The molecule has 0 unspecified atom stereocenters. The minimum Gasteiger partial charge on any atom is -0.455 e. The van der Waals surface area contributed by atoms with Gasteiger partial charge in [0.2, 0.25) is 0 Å². The largest absolute Gasteiger partial charge is 0.455 e. The van der Waals surface area contributed by atoms with Crippen LogP contribution in [0, 0.1) is 0 Å². The molecule has 0 saturated heterocycles. The standard InChI is InChI=1S/C53H33NO/c1-4-14-34(15-5-1)39-30-46(36-18-8-3-9-19-36)52-48(32-39)49-33-40(35-16-6-2-7-17-35)31-47(53(49)55-52)37-24-26-38(27-25-37)50-29-28-45-43-22-11-10-20-41(43)42-21-12-13-23-44(42)51(45)54-50/h1-33H. The first-order valence-electron chi connectivity index (χ1n) is 18.8. The highest BCUT2D eigenvalue weighted by molar-refractivity contribution is 6.24. The van der Waals surface area contributed by atoms with Gasteiger partial charge in [-0.3, -0.25) is 0 Å². The zero-order valence-corrected chi connectivity index (χ0v) is 29.9. The Bertz CT molecular complexity index is 3180. The number of hydrogen-bond acceptors (Lipinski definition) is 2. The maximum atomic E-state index is 7.03. The molecule has 0 bridgehead atoms. The number of aromatic nitrogens is 1. The summed E-state index contributed by atoms with van der Waals surface area (Å²) in [5.41, 5.74) is 13.8. The summed E-state index contributed by atoms with van der Waals surface area (Å²) in [7, 11) is 0. The second-order valence-corrected chi connectivity index (χ2v) is 14.3. The average Bonchev–Trinajstić information content (AvgIpc) is 3.65. The van der Waals surface area contributed by atoms with Crippen molar-refractivity contribution in [2.45, 2.75) is 0 Å². The Balaban J connectivity index is 1.11. The van der Waals surface area contributed by atoms with E-state index < -0.39 is 0 Å². The van der Waals surface area contributed by atoms with Gasteiger partial charge in [-0.1, -0.05) is 164 Å². The Hall–Kier alpha value is -7.29. The quantitative estimate of drug-likeness (QED) is 0.167. The molecule has 0 N–H and O–H groups in total. The van der Waals surface area contributed by atoms with Gasteiger partial charge in [-0.25, -0.2) is 4.98 Å². The van der Waals surface area contributed by atoms with Gasteiger partial charge in [-0.05, 0) is 85.9 Å². The van der Waals surface area contributed by atoms with E-state index >= 15 is 0 Å². The molecule has 0 aliphatic heterocycles. The third-order valence-corrected chi connectivity index (χ3v) is 11.0. The van der Waals surface area contributed by atoms with Crippen LogP contribution in [0.15, 0.2) is 205 Å². The number of benzene rings is 9. The van der Waals surface area contributed by atoms with E-state index in [0.29, 0.717) is 0 Å².